The number of nitrogens with zero attached hydrogens (tertiary/aromatic N) is 10. The topological polar surface area (TPSA) is 165 Å². The Morgan fingerprint density at radius 1 is 0.694 bits per heavy atom. The van der Waals surface area contributed by atoms with Gasteiger partial charge in [-0.3, -0.25) is 18.7 Å². The Hall–Kier alpha value is -6.47. The molecule has 49 heavy (non-hydrogen) atoms. The quantitative estimate of drug-likeness (QED) is 0.223. The van der Waals surface area contributed by atoms with E-state index in [2.05, 4.69) is 44.6 Å². The number of hydrogen-bond acceptors (Lipinski definition) is 11. The lowest BCUT2D eigenvalue weighted by Gasteiger charge is -2.36. The maximum Gasteiger partial charge on any atom is 0.471 e. The average Bonchev–Trinajstić information content (AvgIpc) is 3.84. The van der Waals surface area contributed by atoms with Gasteiger partial charge < -0.3 is 9.05 Å². The molecule has 20 heteroatoms. The zero-order chi connectivity index (χ0) is 34.6. The van der Waals surface area contributed by atoms with E-state index >= 15 is 0 Å². The fourth-order valence-electron chi connectivity index (χ4n) is 5.20. The van der Waals surface area contributed by atoms with Gasteiger partial charge in [-0.2, -0.15) is 51.6 Å². The maximum absolute atomic E-state index is 14.0. The summed E-state index contributed by atoms with van der Waals surface area (Å²) in [6.07, 6.45) is -4.70. The van der Waals surface area contributed by atoms with E-state index in [9.17, 15) is 35.9 Å². The highest BCUT2D eigenvalue weighted by atomic mass is 19.4. The van der Waals surface area contributed by atoms with Crippen molar-refractivity contribution in [2.75, 3.05) is 0 Å². The van der Waals surface area contributed by atoms with Gasteiger partial charge in [0.05, 0.1) is 11.2 Å². The SMILES string of the molecule is O=c1cc(-c2noc(C(F)(F)F)n2)ccn1C(Cc1cccnn1)(c1cc2ccccn2n1)n1ccc(-c2noc(C(F)(F)F)n2)cc1=O. The highest BCUT2D eigenvalue weighted by Gasteiger charge is 2.43. The summed E-state index contributed by atoms with van der Waals surface area (Å²) in [5.41, 5.74) is -2.95. The highest BCUT2D eigenvalue weighted by Crippen LogP contribution is 2.33. The largest absolute Gasteiger partial charge is 0.471 e. The van der Waals surface area contributed by atoms with Gasteiger partial charge in [0.1, 0.15) is 5.69 Å². The van der Waals surface area contributed by atoms with E-state index in [1.807, 2.05) is 0 Å². The minimum absolute atomic E-state index is 0.117. The van der Waals surface area contributed by atoms with Crippen molar-refractivity contribution in [1.82, 2.24) is 49.2 Å². The van der Waals surface area contributed by atoms with Gasteiger partial charge in [-0.15, -0.1) is 0 Å². The Morgan fingerprint density at radius 3 is 1.76 bits per heavy atom. The summed E-state index contributed by atoms with van der Waals surface area (Å²) >= 11 is 0. The first kappa shape index (κ1) is 31.1. The van der Waals surface area contributed by atoms with Crippen molar-refractivity contribution in [1.29, 1.82) is 0 Å². The molecule has 0 bridgehead atoms. The molecule has 0 fully saturated rings. The summed E-state index contributed by atoms with van der Waals surface area (Å²) in [5, 5.41) is 19.4. The lowest BCUT2D eigenvalue weighted by atomic mass is 9.96. The van der Waals surface area contributed by atoms with E-state index in [1.165, 1.54) is 35.2 Å². The minimum atomic E-state index is -4.93. The lowest BCUT2D eigenvalue weighted by molar-refractivity contribution is -0.160. The fourth-order valence-corrected chi connectivity index (χ4v) is 5.20. The summed E-state index contributed by atoms with van der Waals surface area (Å²) in [7, 11) is 0. The summed E-state index contributed by atoms with van der Waals surface area (Å²) in [6, 6.07) is 14.3. The van der Waals surface area contributed by atoms with Crippen LogP contribution in [0, 0.1) is 0 Å². The molecule has 14 nitrogen and oxygen atoms in total. The van der Waals surface area contributed by atoms with Gasteiger partial charge in [-0.25, -0.2) is 4.52 Å². The summed E-state index contributed by atoms with van der Waals surface area (Å²) in [5.74, 6) is -4.29. The van der Waals surface area contributed by atoms with E-state index in [1.54, 1.807) is 42.6 Å². The van der Waals surface area contributed by atoms with Gasteiger partial charge in [0.15, 0.2) is 5.66 Å². The van der Waals surface area contributed by atoms with Crippen molar-refractivity contribution >= 4 is 5.52 Å². The molecule has 0 spiro atoms. The number of fused-ring (bicyclic) bond motifs is 1. The monoisotopic (exact) mass is 682 g/mol. The van der Waals surface area contributed by atoms with Gasteiger partial charge in [-0.05, 0) is 42.5 Å². The molecule has 0 saturated heterocycles. The predicted molar refractivity (Wildman–Crippen MR) is 151 cm³/mol. The van der Waals surface area contributed by atoms with Crippen LogP contribution in [0.4, 0.5) is 26.3 Å². The van der Waals surface area contributed by atoms with Crippen molar-refractivity contribution in [3.63, 3.8) is 0 Å². The van der Waals surface area contributed by atoms with Crippen LogP contribution in [0.15, 0.2) is 104 Å². The van der Waals surface area contributed by atoms with Crippen molar-refractivity contribution in [2.24, 2.45) is 0 Å². The number of pyridine rings is 3. The lowest BCUT2D eigenvalue weighted by Crippen LogP contribution is -2.53. The van der Waals surface area contributed by atoms with E-state index in [0.717, 1.165) is 21.3 Å². The van der Waals surface area contributed by atoms with Gasteiger partial charge in [0, 0.05) is 54.5 Å². The van der Waals surface area contributed by atoms with Crippen molar-refractivity contribution in [3.8, 4) is 22.8 Å². The molecule has 0 radical (unpaired) electrons. The molecular weight excluding hydrogens is 666 g/mol. The molecule has 248 valence electrons. The zero-order valence-electron chi connectivity index (χ0n) is 24.2. The third-order valence-electron chi connectivity index (χ3n) is 7.33. The summed E-state index contributed by atoms with van der Waals surface area (Å²) < 4.78 is 91.1. The molecule has 7 rings (SSSR count). The van der Waals surface area contributed by atoms with Crippen LogP contribution >= 0.6 is 0 Å². The second-order valence-corrected chi connectivity index (χ2v) is 10.4. The van der Waals surface area contributed by atoms with E-state index in [0.29, 0.717) is 5.52 Å². The second-order valence-electron chi connectivity index (χ2n) is 10.4. The summed E-state index contributed by atoms with van der Waals surface area (Å²) in [6.45, 7) is 0. The van der Waals surface area contributed by atoms with Crippen LogP contribution in [0.1, 0.15) is 23.2 Å². The standard InChI is InChI=1S/C29H16F6N10O4/c30-28(31,32)25-37-23(41-48-25)16-6-10-43(21(46)12-16)27(15-18-4-3-8-36-39-18,20-14-19-5-1-2-9-45(19)40-20)44-11-7-17(13-22(44)47)24-38-26(49-42-24)29(33,34)35/h1-14H,15H2. The first-order chi connectivity index (χ1) is 23.3. The molecule has 7 aromatic rings. The maximum atomic E-state index is 14.0. The van der Waals surface area contributed by atoms with Crippen molar-refractivity contribution in [2.45, 2.75) is 24.4 Å². The fraction of sp³-hybridized carbons (Fsp3) is 0.138. The van der Waals surface area contributed by atoms with Crippen molar-refractivity contribution in [3.05, 3.63) is 129 Å². The Kier molecular flexibility index (Phi) is 7.21. The van der Waals surface area contributed by atoms with Crippen LogP contribution in [0.25, 0.3) is 28.3 Å². The number of alkyl halides is 6. The molecule has 0 amide bonds. The Labute approximate surface area is 266 Å². The molecule has 7 heterocycles. The molecule has 0 aliphatic rings. The second kappa shape index (κ2) is 11.3. The Morgan fingerprint density at radius 2 is 1.29 bits per heavy atom. The Bertz CT molecular complexity index is 2290. The van der Waals surface area contributed by atoms with Gasteiger partial charge >= 0.3 is 24.1 Å². The van der Waals surface area contributed by atoms with Gasteiger partial charge in [-0.1, -0.05) is 16.4 Å². The first-order valence-corrected chi connectivity index (χ1v) is 13.8. The third kappa shape index (κ3) is 5.61. The molecule has 0 aromatic carbocycles. The van der Waals surface area contributed by atoms with Gasteiger partial charge in [0.2, 0.25) is 11.6 Å². The molecule has 0 atom stereocenters. The predicted octanol–water partition coefficient (Wildman–Crippen LogP) is 4.08. The average molecular weight is 683 g/mol. The highest BCUT2D eigenvalue weighted by molar-refractivity contribution is 5.55. The van der Waals surface area contributed by atoms with E-state index in [4.69, 9.17) is 0 Å². The molecule has 0 unspecified atom stereocenters. The first-order valence-electron chi connectivity index (χ1n) is 13.8. The molecule has 0 aliphatic heterocycles. The van der Waals surface area contributed by atoms with Crippen LogP contribution in [0.2, 0.25) is 0 Å². The Balaban J connectivity index is 1.47. The van der Waals surface area contributed by atoms with Crippen LogP contribution < -0.4 is 11.1 Å². The number of halogens is 6. The number of aromatic nitrogens is 10. The molecule has 0 N–H and O–H groups in total. The van der Waals surface area contributed by atoms with Crippen LogP contribution in [0.3, 0.4) is 0 Å². The van der Waals surface area contributed by atoms with E-state index in [-0.39, 0.29) is 28.9 Å². The minimum Gasteiger partial charge on any atom is -0.329 e. The van der Waals surface area contributed by atoms with Crippen LogP contribution in [0.5, 0.6) is 0 Å². The van der Waals surface area contributed by atoms with Gasteiger partial charge in [0.25, 0.3) is 11.1 Å². The van der Waals surface area contributed by atoms with Crippen LogP contribution in [-0.2, 0) is 24.4 Å². The smallest absolute Gasteiger partial charge is 0.329 e. The molecule has 0 aliphatic carbocycles. The molecule has 0 saturated carbocycles. The van der Waals surface area contributed by atoms with E-state index < -0.39 is 52.6 Å². The van der Waals surface area contributed by atoms with Crippen LogP contribution in [-0.4, -0.2) is 49.2 Å². The number of hydrogen-bond donors (Lipinski definition) is 0. The summed E-state index contributed by atoms with van der Waals surface area (Å²) in [4.78, 5) is 34.8. The molecular formula is C29H16F6N10O4. The third-order valence-corrected chi connectivity index (χ3v) is 7.33. The van der Waals surface area contributed by atoms with Crippen molar-refractivity contribution < 1.29 is 35.4 Å². The molecule has 7 aromatic heterocycles. The number of rotatable bonds is 7. The normalized spacial score (nSPS) is 12.5. The zero-order valence-corrected chi connectivity index (χ0v) is 24.2.